The van der Waals surface area contributed by atoms with E-state index in [-0.39, 0.29) is 10.3 Å². The summed E-state index contributed by atoms with van der Waals surface area (Å²) in [6.45, 7) is 41.0. The van der Waals surface area contributed by atoms with E-state index in [1.54, 1.807) is 16.4 Å². The molecular weight excluding hydrogens is 451 g/mol. The molecule has 2 aromatic carbocycles. The molecule has 0 aliphatic heterocycles. The monoisotopic (exact) mass is 508 g/mol. The molecule has 2 rings (SSSR count). The van der Waals surface area contributed by atoms with Gasteiger partial charge in [0, 0.05) is 0 Å². The third kappa shape index (κ3) is 5.96. The molecule has 0 saturated carbocycles. The van der Waals surface area contributed by atoms with E-state index < -0.39 is 7.92 Å². The largest absolute Gasteiger partial charge is 0.0633 e. The Hall–Kier alpha value is -1.13. The van der Waals surface area contributed by atoms with Gasteiger partial charge in [-0.3, -0.25) is 0 Å². The molecule has 0 fully saturated rings. The summed E-state index contributed by atoms with van der Waals surface area (Å²) in [4.78, 5) is 0. The van der Waals surface area contributed by atoms with Crippen molar-refractivity contribution in [3.63, 3.8) is 0 Å². The van der Waals surface area contributed by atoms with Crippen molar-refractivity contribution in [1.82, 2.24) is 0 Å². The van der Waals surface area contributed by atoms with E-state index in [4.69, 9.17) is 0 Å². The van der Waals surface area contributed by atoms with Gasteiger partial charge in [0.1, 0.15) is 0 Å². The second-order valence-electron chi connectivity index (χ2n) is 14.3. The Balaban J connectivity index is 3.26. The molecule has 1 atom stereocenters. The highest BCUT2D eigenvalue weighted by Gasteiger charge is 2.40. The Kier molecular flexibility index (Phi) is 9.44. The summed E-state index contributed by atoms with van der Waals surface area (Å²) in [7, 11) is -0.442. The van der Waals surface area contributed by atoms with Gasteiger partial charge in [0.15, 0.2) is 0 Å². The maximum atomic E-state index is 2.57. The van der Waals surface area contributed by atoms with Crippen molar-refractivity contribution in [2.45, 2.75) is 146 Å². The van der Waals surface area contributed by atoms with Crippen LogP contribution in [0, 0.1) is 33.6 Å². The van der Waals surface area contributed by atoms with Crippen molar-refractivity contribution in [3.8, 4) is 11.1 Å². The number of rotatable bonds is 6. The van der Waals surface area contributed by atoms with Crippen LogP contribution < -0.4 is 5.30 Å². The van der Waals surface area contributed by atoms with Crippen molar-refractivity contribution < 1.29 is 0 Å². The van der Waals surface area contributed by atoms with Crippen LogP contribution >= 0.6 is 7.92 Å². The molecule has 0 saturated heterocycles. The normalized spacial score (nSPS) is 14.0. The van der Waals surface area contributed by atoms with Crippen molar-refractivity contribution in [2.75, 3.05) is 0 Å². The summed E-state index contributed by atoms with van der Waals surface area (Å²) in [5.74, 6) is 2.13. The van der Waals surface area contributed by atoms with Crippen molar-refractivity contribution in [1.29, 1.82) is 0 Å². The van der Waals surface area contributed by atoms with Crippen molar-refractivity contribution in [3.05, 3.63) is 51.1 Å². The minimum atomic E-state index is -0.442. The highest BCUT2D eigenvalue weighted by atomic mass is 31.1. The quantitative estimate of drug-likeness (QED) is 0.340. The maximum absolute atomic E-state index is 2.57. The number of hydrogen-bond donors (Lipinski definition) is 0. The fraction of sp³-hybridized carbons (Fsp3) is 0.657. The lowest BCUT2D eigenvalue weighted by Crippen LogP contribution is -2.34. The first-order valence-corrected chi connectivity index (χ1v) is 15.7. The zero-order valence-corrected chi connectivity index (χ0v) is 27.8. The Labute approximate surface area is 226 Å². The van der Waals surface area contributed by atoms with E-state index in [0.717, 1.165) is 0 Å². The van der Waals surface area contributed by atoms with E-state index in [9.17, 15) is 0 Å². The van der Waals surface area contributed by atoms with Crippen LogP contribution in [0.3, 0.4) is 0 Å². The Morgan fingerprint density at radius 1 is 0.556 bits per heavy atom. The topological polar surface area (TPSA) is 0 Å². The van der Waals surface area contributed by atoms with Crippen LogP contribution in [0.1, 0.15) is 147 Å². The molecule has 0 spiro atoms. The fourth-order valence-corrected chi connectivity index (χ4v) is 10.5. The van der Waals surface area contributed by atoms with Gasteiger partial charge in [-0.05, 0) is 117 Å². The highest BCUT2D eigenvalue weighted by Crippen LogP contribution is 2.61. The van der Waals surface area contributed by atoms with E-state index in [0.29, 0.717) is 23.7 Å². The predicted octanol–water partition coefficient (Wildman–Crippen LogP) is 11.3. The molecule has 0 amide bonds. The van der Waals surface area contributed by atoms with E-state index in [1.807, 2.05) is 0 Å². The zero-order chi connectivity index (χ0) is 28.1. The summed E-state index contributed by atoms with van der Waals surface area (Å²) in [5.41, 5.74) is 13.6. The van der Waals surface area contributed by atoms with Gasteiger partial charge in [0.05, 0.1) is 0 Å². The summed E-state index contributed by atoms with van der Waals surface area (Å²) >= 11 is 0. The van der Waals surface area contributed by atoms with Gasteiger partial charge in [0.2, 0.25) is 0 Å². The van der Waals surface area contributed by atoms with E-state index in [2.05, 4.69) is 130 Å². The molecule has 1 heteroatoms. The molecule has 36 heavy (non-hydrogen) atoms. The molecule has 2 aromatic rings. The molecule has 0 N–H and O–H groups in total. The summed E-state index contributed by atoms with van der Waals surface area (Å²) < 4.78 is 0. The fourth-order valence-electron chi connectivity index (χ4n) is 6.11. The number of benzene rings is 2. The third-order valence-corrected chi connectivity index (χ3v) is 12.2. The smallest absolute Gasteiger partial charge is 0.00660 e. The van der Waals surface area contributed by atoms with Crippen LogP contribution in [0.15, 0.2) is 12.1 Å². The second kappa shape index (κ2) is 10.9. The molecule has 202 valence electrons. The first kappa shape index (κ1) is 31.1. The molecule has 0 aliphatic carbocycles. The van der Waals surface area contributed by atoms with Crippen molar-refractivity contribution in [2.24, 2.45) is 5.92 Å². The van der Waals surface area contributed by atoms with E-state index >= 15 is 0 Å². The predicted molar refractivity (Wildman–Crippen MR) is 168 cm³/mol. The van der Waals surface area contributed by atoms with Crippen LogP contribution in [-0.4, -0.2) is 10.3 Å². The second-order valence-corrected chi connectivity index (χ2v) is 18.1. The van der Waals surface area contributed by atoms with Gasteiger partial charge >= 0.3 is 0 Å². The summed E-state index contributed by atoms with van der Waals surface area (Å²) in [5, 5.41) is 2.08. The average Bonchev–Trinajstić information content (AvgIpc) is 2.72. The number of hydrogen-bond acceptors (Lipinski definition) is 0. The van der Waals surface area contributed by atoms with E-state index in [1.165, 1.54) is 38.9 Å². The van der Waals surface area contributed by atoms with Crippen LogP contribution in [0.4, 0.5) is 0 Å². The van der Waals surface area contributed by atoms with Gasteiger partial charge in [-0.1, -0.05) is 110 Å². The Morgan fingerprint density at radius 3 is 1.28 bits per heavy atom. The lowest BCUT2D eigenvalue weighted by molar-refractivity contribution is 0.533. The maximum Gasteiger partial charge on any atom is -0.00660 e. The average molecular weight is 509 g/mol. The summed E-state index contributed by atoms with van der Waals surface area (Å²) in [6.07, 6.45) is 0. The minimum Gasteiger partial charge on any atom is -0.0633 e. The zero-order valence-electron chi connectivity index (χ0n) is 26.9. The van der Waals surface area contributed by atoms with Crippen LogP contribution in [0.2, 0.25) is 0 Å². The van der Waals surface area contributed by atoms with Gasteiger partial charge in [-0.2, -0.15) is 0 Å². The molecule has 0 aliphatic rings. The SMILES string of the molecule is Cc1c(C)c(C)c(P(C(C)(C)C)C(C)(C)C)c(-c2c(C(C)C)cc(C(C)C(C)C)cc2C(C)C)c1C. The molecule has 0 aromatic heterocycles. The molecule has 0 bridgehead atoms. The van der Waals surface area contributed by atoms with Crippen LogP contribution in [-0.2, 0) is 0 Å². The highest BCUT2D eigenvalue weighted by molar-refractivity contribution is 7.69. The minimum absolute atomic E-state index is 0.212. The van der Waals surface area contributed by atoms with Gasteiger partial charge in [-0.15, -0.1) is 0 Å². The molecule has 0 heterocycles. The lowest BCUT2D eigenvalue weighted by Gasteiger charge is -2.45. The van der Waals surface area contributed by atoms with Crippen LogP contribution in [0.25, 0.3) is 11.1 Å². The van der Waals surface area contributed by atoms with Gasteiger partial charge in [0.25, 0.3) is 0 Å². The molecule has 0 nitrogen and oxygen atoms in total. The lowest BCUT2D eigenvalue weighted by atomic mass is 9.78. The van der Waals surface area contributed by atoms with Crippen LogP contribution in [0.5, 0.6) is 0 Å². The van der Waals surface area contributed by atoms with Gasteiger partial charge in [-0.25, -0.2) is 0 Å². The molecule has 0 radical (unpaired) electrons. The molecule has 1 unspecified atom stereocenters. The first-order chi connectivity index (χ1) is 16.2. The van der Waals surface area contributed by atoms with Gasteiger partial charge < -0.3 is 0 Å². The first-order valence-electron chi connectivity index (χ1n) is 14.3. The summed E-state index contributed by atoms with van der Waals surface area (Å²) in [6, 6.07) is 5.14. The Morgan fingerprint density at radius 2 is 0.944 bits per heavy atom. The standard InChI is InChI=1S/C35H57P/c1-20(2)23(7)28-18-29(21(3)4)32(30(19-28)22(5)6)31-26(10)24(8)25(9)27(11)33(31)36(34(12,13)14)35(15,16)17/h18-23H,1-17H3. The molecular formula is C35H57P. The Bertz CT molecular complexity index is 1040. The third-order valence-electron chi connectivity index (χ3n) is 8.46. The van der Waals surface area contributed by atoms with Crippen molar-refractivity contribution >= 4 is 13.2 Å².